The first-order chi connectivity index (χ1) is 10.1. The normalized spacial score (nSPS) is 19.0. The molecular weight excluding hydrogens is 266 g/mol. The fraction of sp³-hybridized carbons (Fsp3) is 0.533. The molecule has 0 saturated carbocycles. The highest BCUT2D eigenvalue weighted by Crippen LogP contribution is 2.17. The molecule has 0 radical (unpaired) electrons. The van der Waals surface area contributed by atoms with E-state index in [2.05, 4.69) is 20.0 Å². The van der Waals surface area contributed by atoms with Gasteiger partial charge in [0.2, 0.25) is 0 Å². The van der Waals surface area contributed by atoms with E-state index in [1.165, 1.54) is 5.56 Å². The second-order valence-electron chi connectivity index (χ2n) is 5.59. The largest absolute Gasteiger partial charge is 0.373 e. The highest BCUT2D eigenvalue weighted by Gasteiger charge is 2.22. The van der Waals surface area contributed by atoms with Gasteiger partial charge in [0.1, 0.15) is 11.6 Å². The van der Waals surface area contributed by atoms with Crippen LogP contribution in [0, 0.1) is 20.8 Å². The maximum Gasteiger partial charge on any atom is 0.132 e. The van der Waals surface area contributed by atoms with E-state index in [-0.39, 0.29) is 6.10 Å². The predicted octanol–water partition coefficient (Wildman–Crippen LogP) is 1.50. The van der Waals surface area contributed by atoms with Crippen molar-refractivity contribution in [1.82, 2.24) is 19.7 Å². The SMILES string of the molecule is Cc1cnn(CC2CN(c3cc(C)nc(C)n3)CCO2)c1. The molecule has 0 amide bonds. The Bertz CT molecular complexity index is 604. The quantitative estimate of drug-likeness (QED) is 0.856. The summed E-state index contributed by atoms with van der Waals surface area (Å²) in [6.07, 6.45) is 4.05. The molecule has 0 bridgehead atoms. The molecule has 1 unspecified atom stereocenters. The van der Waals surface area contributed by atoms with Crippen molar-refractivity contribution in [3.8, 4) is 0 Å². The molecule has 1 aliphatic heterocycles. The van der Waals surface area contributed by atoms with Crippen molar-refractivity contribution < 1.29 is 4.74 Å². The molecule has 0 aliphatic carbocycles. The summed E-state index contributed by atoms with van der Waals surface area (Å²) >= 11 is 0. The highest BCUT2D eigenvalue weighted by atomic mass is 16.5. The highest BCUT2D eigenvalue weighted by molar-refractivity contribution is 5.40. The van der Waals surface area contributed by atoms with Crippen LogP contribution in [-0.2, 0) is 11.3 Å². The summed E-state index contributed by atoms with van der Waals surface area (Å²) < 4.78 is 7.80. The van der Waals surface area contributed by atoms with Crippen LogP contribution in [0.2, 0.25) is 0 Å². The van der Waals surface area contributed by atoms with Gasteiger partial charge < -0.3 is 9.64 Å². The topological polar surface area (TPSA) is 56.1 Å². The monoisotopic (exact) mass is 287 g/mol. The lowest BCUT2D eigenvalue weighted by Crippen LogP contribution is -2.44. The van der Waals surface area contributed by atoms with Gasteiger partial charge >= 0.3 is 0 Å². The van der Waals surface area contributed by atoms with Crippen LogP contribution < -0.4 is 4.90 Å². The average Bonchev–Trinajstić information content (AvgIpc) is 2.83. The Balaban J connectivity index is 1.70. The number of hydrogen-bond donors (Lipinski definition) is 0. The van der Waals surface area contributed by atoms with Crippen LogP contribution in [-0.4, -0.2) is 45.5 Å². The zero-order valence-corrected chi connectivity index (χ0v) is 12.8. The summed E-state index contributed by atoms with van der Waals surface area (Å²) in [5.41, 5.74) is 2.17. The number of anilines is 1. The minimum atomic E-state index is 0.133. The molecule has 2 aromatic heterocycles. The van der Waals surface area contributed by atoms with Crippen LogP contribution in [0.3, 0.4) is 0 Å². The van der Waals surface area contributed by atoms with Gasteiger partial charge in [-0.2, -0.15) is 5.10 Å². The van der Waals surface area contributed by atoms with E-state index in [9.17, 15) is 0 Å². The Morgan fingerprint density at radius 2 is 2.14 bits per heavy atom. The summed E-state index contributed by atoms with van der Waals surface area (Å²) in [5, 5.41) is 4.33. The van der Waals surface area contributed by atoms with Gasteiger partial charge in [0.05, 0.1) is 25.5 Å². The van der Waals surface area contributed by atoms with Crippen LogP contribution in [0.15, 0.2) is 18.5 Å². The first-order valence-corrected chi connectivity index (χ1v) is 7.28. The first-order valence-electron chi connectivity index (χ1n) is 7.28. The molecule has 1 atom stereocenters. The molecule has 1 fully saturated rings. The van der Waals surface area contributed by atoms with E-state index >= 15 is 0 Å². The minimum Gasteiger partial charge on any atom is -0.373 e. The maximum absolute atomic E-state index is 5.86. The van der Waals surface area contributed by atoms with E-state index in [1.807, 2.05) is 43.9 Å². The number of hydrogen-bond acceptors (Lipinski definition) is 5. The third-order valence-corrected chi connectivity index (χ3v) is 3.57. The Kier molecular flexibility index (Phi) is 3.88. The second kappa shape index (κ2) is 5.81. The second-order valence-corrected chi connectivity index (χ2v) is 5.59. The maximum atomic E-state index is 5.86. The average molecular weight is 287 g/mol. The zero-order chi connectivity index (χ0) is 14.8. The molecule has 6 heteroatoms. The van der Waals surface area contributed by atoms with Gasteiger partial charge in [-0.1, -0.05) is 0 Å². The molecule has 112 valence electrons. The van der Waals surface area contributed by atoms with Crippen molar-refractivity contribution in [2.45, 2.75) is 33.4 Å². The molecule has 6 nitrogen and oxygen atoms in total. The number of ether oxygens (including phenoxy) is 1. The fourth-order valence-electron chi connectivity index (χ4n) is 2.67. The van der Waals surface area contributed by atoms with Crippen molar-refractivity contribution in [2.75, 3.05) is 24.6 Å². The van der Waals surface area contributed by atoms with Crippen molar-refractivity contribution in [2.24, 2.45) is 0 Å². The molecule has 21 heavy (non-hydrogen) atoms. The molecule has 2 aromatic rings. The molecule has 0 spiro atoms. The van der Waals surface area contributed by atoms with Gasteiger partial charge in [0.25, 0.3) is 0 Å². The van der Waals surface area contributed by atoms with E-state index in [0.29, 0.717) is 6.61 Å². The smallest absolute Gasteiger partial charge is 0.132 e. The van der Waals surface area contributed by atoms with Crippen molar-refractivity contribution in [3.63, 3.8) is 0 Å². The fourth-order valence-corrected chi connectivity index (χ4v) is 2.67. The van der Waals surface area contributed by atoms with Crippen LogP contribution in [0.4, 0.5) is 5.82 Å². The Morgan fingerprint density at radius 1 is 1.29 bits per heavy atom. The lowest BCUT2D eigenvalue weighted by molar-refractivity contribution is 0.0271. The Hall–Kier alpha value is -1.95. The molecule has 1 saturated heterocycles. The molecule has 3 heterocycles. The van der Waals surface area contributed by atoms with E-state index in [1.54, 1.807) is 0 Å². The van der Waals surface area contributed by atoms with Crippen LogP contribution in [0.5, 0.6) is 0 Å². The summed E-state index contributed by atoms with van der Waals surface area (Å²) in [6, 6.07) is 2.04. The molecule has 3 rings (SSSR count). The van der Waals surface area contributed by atoms with Gasteiger partial charge in [-0.3, -0.25) is 4.68 Å². The summed E-state index contributed by atoms with van der Waals surface area (Å²) in [7, 11) is 0. The standard InChI is InChI=1S/C15H21N5O/c1-11-7-16-20(8-11)10-14-9-19(4-5-21-14)15-6-12(2)17-13(3)18-15/h6-8,14H,4-5,9-10H2,1-3H3. The van der Waals surface area contributed by atoms with E-state index in [4.69, 9.17) is 4.74 Å². The van der Waals surface area contributed by atoms with Gasteiger partial charge in [0.15, 0.2) is 0 Å². The van der Waals surface area contributed by atoms with Crippen LogP contribution in [0.25, 0.3) is 0 Å². The number of nitrogens with zero attached hydrogens (tertiary/aromatic N) is 5. The van der Waals surface area contributed by atoms with Crippen molar-refractivity contribution >= 4 is 5.82 Å². The zero-order valence-electron chi connectivity index (χ0n) is 12.8. The number of aromatic nitrogens is 4. The summed E-state index contributed by atoms with van der Waals surface area (Å²) in [6.45, 7) is 9.16. The van der Waals surface area contributed by atoms with Crippen molar-refractivity contribution in [3.05, 3.63) is 35.5 Å². The van der Waals surface area contributed by atoms with Crippen LogP contribution in [0.1, 0.15) is 17.1 Å². The molecule has 0 N–H and O–H groups in total. The van der Waals surface area contributed by atoms with E-state index in [0.717, 1.165) is 37.0 Å². The summed E-state index contributed by atoms with van der Waals surface area (Å²) in [4.78, 5) is 11.1. The Labute approximate surface area is 124 Å². The molecular formula is C15H21N5O. The lowest BCUT2D eigenvalue weighted by atomic mass is 10.2. The molecule has 0 aromatic carbocycles. The van der Waals surface area contributed by atoms with Gasteiger partial charge in [-0.05, 0) is 26.3 Å². The minimum absolute atomic E-state index is 0.133. The number of morpholine rings is 1. The predicted molar refractivity (Wildman–Crippen MR) is 80.4 cm³/mol. The van der Waals surface area contributed by atoms with Gasteiger partial charge in [0, 0.05) is 31.0 Å². The van der Waals surface area contributed by atoms with E-state index < -0.39 is 0 Å². The Morgan fingerprint density at radius 3 is 2.86 bits per heavy atom. The lowest BCUT2D eigenvalue weighted by Gasteiger charge is -2.33. The van der Waals surface area contributed by atoms with Crippen LogP contribution >= 0.6 is 0 Å². The number of aryl methyl sites for hydroxylation is 3. The third-order valence-electron chi connectivity index (χ3n) is 3.57. The third kappa shape index (κ3) is 3.39. The van der Waals surface area contributed by atoms with Gasteiger partial charge in [-0.15, -0.1) is 0 Å². The molecule has 1 aliphatic rings. The summed E-state index contributed by atoms with van der Waals surface area (Å²) in [5.74, 6) is 1.81. The number of rotatable bonds is 3. The van der Waals surface area contributed by atoms with Crippen molar-refractivity contribution in [1.29, 1.82) is 0 Å². The first kappa shape index (κ1) is 14.0. The van der Waals surface area contributed by atoms with Gasteiger partial charge in [-0.25, -0.2) is 9.97 Å².